The highest BCUT2D eigenvalue weighted by Gasteiger charge is 2.24. The molecule has 0 N–H and O–H groups in total. The fourth-order valence-corrected chi connectivity index (χ4v) is 3.03. The third-order valence-corrected chi connectivity index (χ3v) is 4.52. The van der Waals surface area contributed by atoms with Crippen molar-refractivity contribution in [3.05, 3.63) is 41.2 Å². The minimum atomic E-state index is 0.418. The highest BCUT2D eigenvalue weighted by atomic mass is 16.5. The van der Waals surface area contributed by atoms with Gasteiger partial charge in [0.1, 0.15) is 12.4 Å². The van der Waals surface area contributed by atoms with Crippen LogP contribution in [-0.4, -0.2) is 43.8 Å². The zero-order chi connectivity index (χ0) is 16.2. The first-order valence-corrected chi connectivity index (χ1v) is 8.32. The average Bonchev–Trinajstić information content (AvgIpc) is 2.85. The van der Waals surface area contributed by atoms with Crippen molar-refractivity contribution in [2.24, 2.45) is 0 Å². The van der Waals surface area contributed by atoms with Crippen molar-refractivity contribution in [1.29, 1.82) is 0 Å². The summed E-state index contributed by atoms with van der Waals surface area (Å²) in [5, 5.41) is 8.66. The Hall–Kier alpha value is -1.79. The summed E-state index contributed by atoms with van der Waals surface area (Å²) >= 11 is 0. The molecule has 6 heteroatoms. The Morgan fingerprint density at radius 2 is 2.17 bits per heavy atom. The van der Waals surface area contributed by atoms with Gasteiger partial charge in [0.05, 0.1) is 5.69 Å². The zero-order valence-electron chi connectivity index (χ0n) is 14.2. The van der Waals surface area contributed by atoms with Crippen LogP contribution in [-0.2, 0) is 30.9 Å². The number of hydrogen-bond donors (Lipinski definition) is 0. The molecule has 23 heavy (non-hydrogen) atoms. The second-order valence-electron chi connectivity index (χ2n) is 6.11. The highest BCUT2D eigenvalue weighted by Crippen LogP contribution is 2.18. The van der Waals surface area contributed by atoms with Gasteiger partial charge in [-0.15, -0.1) is 10.2 Å². The second-order valence-corrected chi connectivity index (χ2v) is 6.11. The largest absolute Gasteiger partial charge is 0.374 e. The van der Waals surface area contributed by atoms with E-state index in [-0.39, 0.29) is 0 Å². The SMILES string of the molecule is CCOCc1nnc2n1CCN(Cc1ncccc1C)[C@H](C)C2. The predicted octanol–water partition coefficient (Wildman–Crippen LogP) is 1.96. The zero-order valence-corrected chi connectivity index (χ0v) is 14.2. The van der Waals surface area contributed by atoms with Crippen molar-refractivity contribution in [3.63, 3.8) is 0 Å². The molecule has 0 aliphatic carbocycles. The van der Waals surface area contributed by atoms with Gasteiger partial charge in [0.2, 0.25) is 0 Å². The lowest BCUT2D eigenvalue weighted by Gasteiger charge is -2.26. The lowest BCUT2D eigenvalue weighted by molar-refractivity contribution is 0.124. The summed E-state index contributed by atoms with van der Waals surface area (Å²) in [6.45, 7) is 10.4. The molecule has 0 amide bonds. The molecule has 0 radical (unpaired) electrons. The number of nitrogens with zero attached hydrogens (tertiary/aromatic N) is 5. The second kappa shape index (κ2) is 7.19. The molecule has 1 aliphatic heterocycles. The lowest BCUT2D eigenvalue weighted by Crippen LogP contribution is -2.34. The molecule has 0 saturated carbocycles. The summed E-state index contributed by atoms with van der Waals surface area (Å²) < 4.78 is 7.72. The monoisotopic (exact) mass is 315 g/mol. The van der Waals surface area contributed by atoms with E-state index in [2.05, 4.69) is 44.6 Å². The van der Waals surface area contributed by atoms with E-state index in [1.807, 2.05) is 19.2 Å². The molecule has 124 valence electrons. The molecular formula is C17H25N5O. The summed E-state index contributed by atoms with van der Waals surface area (Å²) in [6.07, 6.45) is 2.78. The van der Waals surface area contributed by atoms with E-state index >= 15 is 0 Å². The lowest BCUT2D eigenvalue weighted by atomic mass is 10.1. The van der Waals surface area contributed by atoms with Crippen LogP contribution in [0.1, 0.15) is 36.8 Å². The van der Waals surface area contributed by atoms with Gasteiger partial charge < -0.3 is 9.30 Å². The van der Waals surface area contributed by atoms with E-state index in [1.54, 1.807) is 0 Å². The Labute approximate surface area is 137 Å². The summed E-state index contributed by atoms with van der Waals surface area (Å²) in [7, 11) is 0. The molecule has 0 saturated heterocycles. The Morgan fingerprint density at radius 3 is 2.96 bits per heavy atom. The van der Waals surface area contributed by atoms with Crippen LogP contribution in [0, 0.1) is 6.92 Å². The molecule has 2 aromatic rings. The van der Waals surface area contributed by atoms with Gasteiger partial charge in [0, 0.05) is 44.9 Å². The maximum absolute atomic E-state index is 5.50. The Bertz CT molecular complexity index is 654. The molecular weight excluding hydrogens is 290 g/mol. The predicted molar refractivity (Wildman–Crippen MR) is 87.9 cm³/mol. The number of hydrogen-bond acceptors (Lipinski definition) is 5. The fraction of sp³-hybridized carbons (Fsp3) is 0.588. The van der Waals surface area contributed by atoms with Gasteiger partial charge in [-0.05, 0) is 32.4 Å². The molecule has 0 unspecified atom stereocenters. The van der Waals surface area contributed by atoms with E-state index in [0.717, 1.165) is 43.4 Å². The fourth-order valence-electron chi connectivity index (χ4n) is 3.03. The molecule has 1 aliphatic rings. The van der Waals surface area contributed by atoms with E-state index in [0.29, 0.717) is 19.3 Å². The van der Waals surface area contributed by atoms with Gasteiger partial charge in [0.25, 0.3) is 0 Å². The minimum Gasteiger partial charge on any atom is -0.374 e. The van der Waals surface area contributed by atoms with Gasteiger partial charge in [-0.1, -0.05) is 6.07 Å². The molecule has 6 nitrogen and oxygen atoms in total. The van der Waals surface area contributed by atoms with Gasteiger partial charge >= 0.3 is 0 Å². The van der Waals surface area contributed by atoms with Crippen LogP contribution in [0.15, 0.2) is 18.3 Å². The van der Waals surface area contributed by atoms with Gasteiger partial charge in [0.15, 0.2) is 5.82 Å². The van der Waals surface area contributed by atoms with Crippen molar-refractivity contribution >= 4 is 0 Å². The summed E-state index contributed by atoms with van der Waals surface area (Å²) in [4.78, 5) is 7.02. The average molecular weight is 315 g/mol. The summed E-state index contributed by atoms with van der Waals surface area (Å²) in [6, 6.07) is 4.54. The number of aryl methyl sites for hydroxylation is 1. The first kappa shape index (κ1) is 16.1. The number of pyridine rings is 1. The molecule has 0 spiro atoms. The van der Waals surface area contributed by atoms with Crippen molar-refractivity contribution in [3.8, 4) is 0 Å². The maximum atomic E-state index is 5.50. The summed E-state index contributed by atoms with van der Waals surface area (Å²) in [5.41, 5.74) is 2.41. The maximum Gasteiger partial charge on any atom is 0.159 e. The topological polar surface area (TPSA) is 56.1 Å². The van der Waals surface area contributed by atoms with Crippen LogP contribution in [0.3, 0.4) is 0 Å². The molecule has 0 bridgehead atoms. The Morgan fingerprint density at radius 1 is 1.30 bits per heavy atom. The van der Waals surface area contributed by atoms with Crippen molar-refractivity contribution in [2.75, 3.05) is 13.2 Å². The summed E-state index contributed by atoms with van der Waals surface area (Å²) in [5.74, 6) is 2.00. The van der Waals surface area contributed by atoms with Crippen LogP contribution in [0.5, 0.6) is 0 Å². The third-order valence-electron chi connectivity index (χ3n) is 4.52. The van der Waals surface area contributed by atoms with Crippen molar-refractivity contribution < 1.29 is 4.74 Å². The highest BCUT2D eigenvalue weighted by molar-refractivity contribution is 5.17. The first-order chi connectivity index (χ1) is 11.2. The standard InChI is InChI=1S/C17H25N5O/c1-4-23-12-17-20-19-16-10-14(3)21(8-9-22(16)17)11-15-13(2)6-5-7-18-15/h5-7,14H,4,8-12H2,1-3H3/t14-/m1/s1. The van der Waals surface area contributed by atoms with E-state index < -0.39 is 0 Å². The number of ether oxygens (including phenoxy) is 1. The number of rotatable bonds is 5. The quantitative estimate of drug-likeness (QED) is 0.844. The van der Waals surface area contributed by atoms with Crippen molar-refractivity contribution in [1.82, 2.24) is 24.6 Å². The van der Waals surface area contributed by atoms with Crippen LogP contribution in [0.4, 0.5) is 0 Å². The molecule has 3 rings (SSSR count). The van der Waals surface area contributed by atoms with E-state index in [9.17, 15) is 0 Å². The molecule has 0 aromatic carbocycles. The molecule has 0 fully saturated rings. The van der Waals surface area contributed by atoms with Gasteiger partial charge in [-0.2, -0.15) is 0 Å². The Balaban J connectivity index is 1.73. The number of fused-ring (bicyclic) bond motifs is 1. The van der Waals surface area contributed by atoms with Crippen LogP contribution >= 0.6 is 0 Å². The smallest absolute Gasteiger partial charge is 0.159 e. The number of aromatic nitrogens is 4. The van der Waals surface area contributed by atoms with Crippen LogP contribution < -0.4 is 0 Å². The van der Waals surface area contributed by atoms with Gasteiger partial charge in [-0.3, -0.25) is 9.88 Å². The van der Waals surface area contributed by atoms with Crippen LogP contribution in [0.2, 0.25) is 0 Å². The normalized spacial score (nSPS) is 18.7. The van der Waals surface area contributed by atoms with Crippen molar-refractivity contribution in [2.45, 2.75) is 52.9 Å². The first-order valence-electron chi connectivity index (χ1n) is 8.32. The van der Waals surface area contributed by atoms with E-state index in [4.69, 9.17) is 4.74 Å². The molecule has 2 aromatic heterocycles. The third kappa shape index (κ3) is 3.59. The van der Waals surface area contributed by atoms with E-state index in [1.165, 1.54) is 5.56 Å². The van der Waals surface area contributed by atoms with Gasteiger partial charge in [-0.25, -0.2) is 0 Å². The van der Waals surface area contributed by atoms with Crippen LogP contribution in [0.25, 0.3) is 0 Å². The molecule has 3 heterocycles. The Kier molecular flexibility index (Phi) is 5.03. The molecule has 1 atom stereocenters. The minimum absolute atomic E-state index is 0.418.